The van der Waals surface area contributed by atoms with Crippen molar-refractivity contribution >= 4 is 54.8 Å². The molecule has 0 aliphatic heterocycles. The molecule has 1 amide bonds. The van der Waals surface area contributed by atoms with Gasteiger partial charge in [-0.1, -0.05) is 6.07 Å². The Morgan fingerprint density at radius 2 is 1.74 bits per heavy atom. The Bertz CT molecular complexity index is 1520. The van der Waals surface area contributed by atoms with Gasteiger partial charge in [0.05, 0.1) is 16.9 Å². The Kier molecular flexibility index (Phi) is 9.68. The number of ether oxygens (including phenoxy) is 1. The molecule has 0 saturated carbocycles. The number of benzene rings is 3. The van der Waals surface area contributed by atoms with E-state index in [1.807, 2.05) is 6.07 Å². The molecular formula is C26H18Br2F8N4O2. The summed E-state index contributed by atoms with van der Waals surface area (Å²) in [4.78, 5) is 7.64. The monoisotopic (exact) mass is 728 g/mol. The maximum atomic E-state index is 14.9. The number of anilines is 3. The van der Waals surface area contributed by atoms with E-state index < -0.39 is 50.7 Å². The van der Waals surface area contributed by atoms with Gasteiger partial charge in [-0.2, -0.15) is 36.0 Å². The Hall–Kier alpha value is -3.58. The van der Waals surface area contributed by atoms with Crippen LogP contribution in [-0.2, 0) is 12.2 Å². The fourth-order valence-electron chi connectivity index (χ4n) is 3.85. The SMILES string of the molecule is Cc1cc(N)ccc1C(=O)Nc1cc(CNc2c(Br)cc(C(F)(C(F)(F)F)C(F)(F)Br)cc2OC(F)F)ccc1C#N. The molecule has 3 aromatic rings. The van der Waals surface area contributed by atoms with Gasteiger partial charge in [-0.05, 0) is 92.4 Å². The Balaban J connectivity index is 1.97. The molecule has 1 atom stereocenters. The predicted octanol–water partition coefficient (Wildman–Crippen LogP) is 8.39. The van der Waals surface area contributed by atoms with Gasteiger partial charge in [-0.3, -0.25) is 4.79 Å². The average Bonchev–Trinajstić information content (AvgIpc) is 2.86. The highest BCUT2D eigenvalue weighted by Gasteiger charge is 2.71. The van der Waals surface area contributed by atoms with Crippen molar-refractivity contribution in [3.63, 3.8) is 0 Å². The largest absolute Gasteiger partial charge is 0.433 e. The lowest BCUT2D eigenvalue weighted by Gasteiger charge is -2.32. The molecule has 0 bridgehead atoms. The number of halogens is 10. The number of alkyl halides is 9. The van der Waals surface area contributed by atoms with Crippen LogP contribution >= 0.6 is 31.9 Å². The summed E-state index contributed by atoms with van der Waals surface area (Å²) in [7, 11) is 0. The summed E-state index contributed by atoms with van der Waals surface area (Å²) in [6.45, 7) is -2.23. The van der Waals surface area contributed by atoms with Crippen LogP contribution in [0.2, 0.25) is 0 Å². The molecule has 224 valence electrons. The van der Waals surface area contributed by atoms with Crippen molar-refractivity contribution in [1.29, 1.82) is 5.26 Å². The maximum absolute atomic E-state index is 14.9. The van der Waals surface area contributed by atoms with E-state index in [1.54, 1.807) is 13.0 Å². The van der Waals surface area contributed by atoms with E-state index in [0.29, 0.717) is 22.9 Å². The van der Waals surface area contributed by atoms with Crippen LogP contribution in [0.3, 0.4) is 0 Å². The summed E-state index contributed by atoms with van der Waals surface area (Å²) in [5.41, 5.74) is -0.0209. The molecule has 42 heavy (non-hydrogen) atoms. The molecule has 3 aromatic carbocycles. The van der Waals surface area contributed by atoms with Crippen molar-refractivity contribution in [3.8, 4) is 11.8 Å². The third kappa shape index (κ3) is 6.89. The van der Waals surface area contributed by atoms with Crippen molar-refractivity contribution < 1.29 is 44.7 Å². The fraction of sp³-hybridized carbons (Fsp3) is 0.231. The fourth-order valence-corrected chi connectivity index (χ4v) is 4.89. The zero-order chi connectivity index (χ0) is 31.6. The second-order valence-corrected chi connectivity index (χ2v) is 10.6. The smallest absolute Gasteiger partial charge is 0.433 e. The molecule has 0 spiro atoms. The van der Waals surface area contributed by atoms with E-state index in [-0.39, 0.29) is 29.4 Å². The molecule has 1 unspecified atom stereocenters. The Labute approximate surface area is 250 Å². The molecule has 0 aliphatic rings. The predicted molar refractivity (Wildman–Crippen MR) is 146 cm³/mol. The first-order valence-electron chi connectivity index (χ1n) is 11.4. The summed E-state index contributed by atoms with van der Waals surface area (Å²) >= 11 is 4.21. The summed E-state index contributed by atoms with van der Waals surface area (Å²) < 4.78 is 113. The quantitative estimate of drug-likeness (QED) is 0.117. The number of hydrogen-bond donors (Lipinski definition) is 3. The van der Waals surface area contributed by atoms with E-state index in [9.17, 15) is 45.2 Å². The van der Waals surface area contributed by atoms with Gasteiger partial charge in [0.1, 0.15) is 6.07 Å². The Morgan fingerprint density at radius 3 is 2.29 bits per heavy atom. The van der Waals surface area contributed by atoms with Crippen LogP contribution < -0.4 is 21.1 Å². The van der Waals surface area contributed by atoms with E-state index in [2.05, 4.69) is 31.3 Å². The zero-order valence-corrected chi connectivity index (χ0v) is 24.2. The summed E-state index contributed by atoms with van der Waals surface area (Å²) in [5.74, 6) is -1.64. The summed E-state index contributed by atoms with van der Waals surface area (Å²) in [6, 6.07) is 11.0. The number of nitrogens with two attached hydrogens (primary N) is 1. The number of carbonyl (C=O) groups excluding carboxylic acids is 1. The van der Waals surface area contributed by atoms with Gasteiger partial charge in [0.2, 0.25) is 0 Å². The van der Waals surface area contributed by atoms with Gasteiger partial charge < -0.3 is 21.1 Å². The minimum atomic E-state index is -6.16. The highest BCUT2D eigenvalue weighted by atomic mass is 79.9. The topological polar surface area (TPSA) is 100 Å². The highest BCUT2D eigenvalue weighted by molar-refractivity contribution is 9.10. The number of carbonyl (C=O) groups is 1. The van der Waals surface area contributed by atoms with Crippen molar-refractivity contribution in [2.75, 3.05) is 16.4 Å². The number of aryl methyl sites for hydroxylation is 1. The van der Waals surface area contributed by atoms with Crippen LogP contribution in [0.25, 0.3) is 0 Å². The minimum absolute atomic E-state index is 0.0644. The van der Waals surface area contributed by atoms with E-state index in [4.69, 9.17) is 5.73 Å². The molecular weight excluding hydrogens is 712 g/mol. The third-order valence-electron chi connectivity index (χ3n) is 5.87. The first kappa shape index (κ1) is 32.9. The highest BCUT2D eigenvalue weighted by Crippen LogP contribution is 2.56. The molecule has 0 saturated heterocycles. The van der Waals surface area contributed by atoms with Crippen molar-refractivity contribution in [1.82, 2.24) is 0 Å². The number of amides is 1. The van der Waals surface area contributed by atoms with Crippen LogP contribution in [0, 0.1) is 18.3 Å². The number of rotatable bonds is 9. The number of nitriles is 1. The normalized spacial score (nSPS) is 13.3. The van der Waals surface area contributed by atoms with Gasteiger partial charge in [0.25, 0.3) is 5.91 Å². The van der Waals surface area contributed by atoms with Crippen LogP contribution in [0.5, 0.6) is 5.75 Å². The first-order valence-corrected chi connectivity index (χ1v) is 13.0. The molecule has 0 heterocycles. The maximum Gasteiger partial charge on any atom is 0.433 e. The number of hydrogen-bond acceptors (Lipinski definition) is 5. The van der Waals surface area contributed by atoms with Crippen molar-refractivity contribution in [3.05, 3.63) is 80.8 Å². The lowest BCUT2D eigenvalue weighted by Crippen LogP contribution is -2.49. The van der Waals surface area contributed by atoms with Crippen molar-refractivity contribution in [2.45, 2.75) is 36.8 Å². The molecule has 4 N–H and O–H groups in total. The van der Waals surface area contributed by atoms with Crippen LogP contribution in [0.15, 0.2) is 53.0 Å². The van der Waals surface area contributed by atoms with Crippen LogP contribution in [0.4, 0.5) is 52.2 Å². The van der Waals surface area contributed by atoms with E-state index in [1.165, 1.54) is 46.3 Å². The molecule has 0 aromatic heterocycles. The number of nitrogen functional groups attached to an aromatic ring is 1. The zero-order valence-electron chi connectivity index (χ0n) is 21.0. The standard InChI is InChI=1S/C26H18Br2F8N4O2/c1-12-6-16(38)4-5-17(12)22(41)40-19-7-13(2-3-14(19)10-37)11-39-21-18(27)8-15(9-20(21)42-23(29)30)24(31,25(28,32)33)26(34,35)36/h2-9,23,39H,11,38H2,1H3,(H,40,41). The van der Waals surface area contributed by atoms with Gasteiger partial charge in [-0.25, -0.2) is 4.39 Å². The third-order valence-corrected chi connectivity index (χ3v) is 7.04. The van der Waals surface area contributed by atoms with Crippen LogP contribution in [0.1, 0.15) is 32.6 Å². The molecule has 3 rings (SSSR count). The lowest BCUT2D eigenvalue weighted by molar-refractivity contribution is -0.282. The summed E-state index contributed by atoms with van der Waals surface area (Å²) in [6.07, 6.45) is -6.16. The first-order chi connectivity index (χ1) is 19.4. The van der Waals surface area contributed by atoms with E-state index >= 15 is 0 Å². The number of nitrogens with zero attached hydrogens (tertiary/aromatic N) is 1. The summed E-state index contributed by atoms with van der Waals surface area (Å²) in [5, 5.41) is 14.7. The van der Waals surface area contributed by atoms with Gasteiger partial charge >= 0.3 is 23.3 Å². The minimum Gasteiger partial charge on any atom is -0.433 e. The molecule has 0 fully saturated rings. The van der Waals surface area contributed by atoms with Gasteiger partial charge in [0.15, 0.2) is 5.75 Å². The van der Waals surface area contributed by atoms with Crippen LogP contribution in [-0.4, -0.2) is 23.5 Å². The van der Waals surface area contributed by atoms with Gasteiger partial charge in [0, 0.05) is 27.8 Å². The van der Waals surface area contributed by atoms with E-state index in [0.717, 1.165) is 0 Å². The second-order valence-electron chi connectivity index (χ2n) is 8.74. The molecule has 16 heteroatoms. The molecule has 0 aliphatic carbocycles. The van der Waals surface area contributed by atoms with Gasteiger partial charge in [-0.15, -0.1) is 0 Å². The molecule has 0 radical (unpaired) electrons. The van der Waals surface area contributed by atoms with Crippen molar-refractivity contribution in [2.24, 2.45) is 0 Å². The Morgan fingerprint density at radius 1 is 1.07 bits per heavy atom. The second kappa shape index (κ2) is 12.3. The number of nitrogens with one attached hydrogen (secondary N) is 2. The lowest BCUT2D eigenvalue weighted by atomic mass is 9.94. The average molecular weight is 730 g/mol. The molecule has 6 nitrogen and oxygen atoms in total.